The molecule has 3 aromatic rings. The number of carbonyl (C=O) groups is 1. The summed E-state index contributed by atoms with van der Waals surface area (Å²) in [5, 5.41) is 0. The van der Waals surface area contributed by atoms with Gasteiger partial charge in [0.1, 0.15) is 34.4 Å². The lowest BCUT2D eigenvalue weighted by atomic mass is 10.2. The zero-order valence-electron chi connectivity index (χ0n) is 16.0. The van der Waals surface area contributed by atoms with Gasteiger partial charge in [0, 0.05) is 17.8 Å². The Balaban J connectivity index is 1.87. The molecule has 7 nitrogen and oxygen atoms in total. The highest BCUT2D eigenvalue weighted by Gasteiger charge is 2.17. The number of pyridine rings is 1. The van der Waals surface area contributed by atoms with E-state index in [-0.39, 0.29) is 46.3 Å². The number of halogens is 3. The molecule has 0 aliphatic rings. The van der Waals surface area contributed by atoms with Crippen LogP contribution in [-0.2, 0) is 11.3 Å². The third kappa shape index (κ3) is 4.54. The van der Waals surface area contributed by atoms with E-state index in [1.807, 2.05) is 0 Å². The molecule has 0 fully saturated rings. The molecule has 1 aromatic carbocycles. The summed E-state index contributed by atoms with van der Waals surface area (Å²) in [4.78, 5) is 32.9. The van der Waals surface area contributed by atoms with Crippen molar-refractivity contribution in [3.05, 3.63) is 79.9 Å². The maximum atomic E-state index is 13.8. The zero-order chi connectivity index (χ0) is 21.8. The normalized spacial score (nSPS) is 10.7. The molecule has 0 N–H and O–H groups in total. The molecule has 156 valence electrons. The lowest BCUT2D eigenvalue weighted by Crippen LogP contribution is -2.24. The summed E-state index contributed by atoms with van der Waals surface area (Å²) >= 11 is 3.15. The van der Waals surface area contributed by atoms with Crippen molar-refractivity contribution in [3.8, 4) is 11.7 Å². The van der Waals surface area contributed by atoms with E-state index < -0.39 is 23.2 Å². The first-order valence-corrected chi connectivity index (χ1v) is 9.60. The molecule has 10 heteroatoms. The van der Waals surface area contributed by atoms with E-state index in [0.717, 1.165) is 12.1 Å². The molecule has 0 aliphatic heterocycles. The first-order valence-electron chi connectivity index (χ1n) is 8.81. The minimum absolute atomic E-state index is 0.00638. The van der Waals surface area contributed by atoms with Gasteiger partial charge in [-0.15, -0.1) is 0 Å². The molecule has 0 radical (unpaired) electrons. The van der Waals surface area contributed by atoms with E-state index >= 15 is 0 Å². The van der Waals surface area contributed by atoms with Gasteiger partial charge >= 0.3 is 5.97 Å². The van der Waals surface area contributed by atoms with Gasteiger partial charge in [-0.2, -0.15) is 4.98 Å². The van der Waals surface area contributed by atoms with E-state index in [2.05, 4.69) is 25.9 Å². The minimum Gasteiger partial charge on any atom is -0.472 e. The Labute approximate surface area is 178 Å². The Morgan fingerprint density at radius 2 is 2.00 bits per heavy atom. The Morgan fingerprint density at radius 1 is 1.23 bits per heavy atom. The average Bonchev–Trinajstić information content (AvgIpc) is 2.71. The van der Waals surface area contributed by atoms with Crippen molar-refractivity contribution < 1.29 is 23.0 Å². The van der Waals surface area contributed by atoms with Crippen LogP contribution in [0.4, 0.5) is 8.78 Å². The number of nitrogens with zero attached hydrogens (tertiary/aromatic N) is 3. The van der Waals surface area contributed by atoms with Crippen LogP contribution >= 0.6 is 15.9 Å². The summed E-state index contributed by atoms with van der Waals surface area (Å²) < 4.78 is 38.4. The first kappa shape index (κ1) is 21.6. The predicted molar refractivity (Wildman–Crippen MR) is 107 cm³/mol. The van der Waals surface area contributed by atoms with E-state index in [9.17, 15) is 18.4 Å². The largest absolute Gasteiger partial charge is 0.472 e. The van der Waals surface area contributed by atoms with Gasteiger partial charge in [0.25, 0.3) is 5.56 Å². The SMILES string of the molecule is CCOC(=O)c1ccc(-n2c(C)nc(OCc3ccc(F)cc3F)c(Br)c2=O)nc1. The molecule has 0 spiro atoms. The number of carbonyl (C=O) groups excluding carboxylic acids is 1. The van der Waals surface area contributed by atoms with Crippen LogP contribution in [0, 0.1) is 18.6 Å². The number of ether oxygens (including phenoxy) is 2. The molecule has 2 aromatic heterocycles. The van der Waals surface area contributed by atoms with Crippen LogP contribution in [-0.4, -0.2) is 27.1 Å². The van der Waals surface area contributed by atoms with Crippen LogP contribution < -0.4 is 10.3 Å². The van der Waals surface area contributed by atoms with Crippen molar-refractivity contribution in [1.29, 1.82) is 0 Å². The van der Waals surface area contributed by atoms with Gasteiger partial charge in [-0.3, -0.25) is 4.79 Å². The van der Waals surface area contributed by atoms with E-state index in [0.29, 0.717) is 0 Å². The Morgan fingerprint density at radius 3 is 2.63 bits per heavy atom. The highest BCUT2D eigenvalue weighted by atomic mass is 79.9. The average molecular weight is 480 g/mol. The topological polar surface area (TPSA) is 83.3 Å². The predicted octanol–water partition coefficient (Wildman–Crippen LogP) is 3.73. The van der Waals surface area contributed by atoms with Gasteiger partial charge < -0.3 is 9.47 Å². The molecule has 30 heavy (non-hydrogen) atoms. The molecule has 0 amide bonds. The van der Waals surface area contributed by atoms with Crippen LogP contribution in [0.2, 0.25) is 0 Å². The van der Waals surface area contributed by atoms with Gasteiger partial charge in [-0.25, -0.2) is 23.1 Å². The third-order valence-electron chi connectivity index (χ3n) is 4.03. The molecule has 0 saturated heterocycles. The van der Waals surface area contributed by atoms with Crippen molar-refractivity contribution in [2.75, 3.05) is 6.61 Å². The number of rotatable bonds is 6. The fourth-order valence-electron chi connectivity index (χ4n) is 2.59. The van der Waals surface area contributed by atoms with Crippen LogP contribution in [0.15, 0.2) is 45.8 Å². The van der Waals surface area contributed by atoms with Gasteiger partial charge in [0.05, 0.1) is 12.2 Å². The quantitative estimate of drug-likeness (QED) is 0.500. The molecule has 0 aliphatic carbocycles. The van der Waals surface area contributed by atoms with Gasteiger partial charge in [0.15, 0.2) is 0 Å². The summed E-state index contributed by atoms with van der Waals surface area (Å²) in [5.74, 6) is -1.51. The minimum atomic E-state index is -0.762. The molecule has 3 rings (SSSR count). The molecular weight excluding hydrogens is 464 g/mol. The summed E-state index contributed by atoms with van der Waals surface area (Å²) in [5.41, 5.74) is -0.142. The smallest absolute Gasteiger partial charge is 0.339 e. The van der Waals surface area contributed by atoms with Gasteiger partial charge in [-0.05, 0) is 54.0 Å². The van der Waals surface area contributed by atoms with E-state index in [1.165, 1.54) is 29.0 Å². The summed E-state index contributed by atoms with van der Waals surface area (Å²) in [6, 6.07) is 6.09. The number of hydrogen-bond donors (Lipinski definition) is 0. The second kappa shape index (κ2) is 9.12. The molecule has 2 heterocycles. The standard InChI is InChI=1S/C20H16BrF2N3O4/c1-3-29-20(28)12-5-7-16(24-9-12)26-11(2)25-18(17(21)19(26)27)30-10-13-4-6-14(22)8-15(13)23/h4-9H,3,10H2,1-2H3. The van der Waals surface area contributed by atoms with Crippen molar-refractivity contribution in [1.82, 2.24) is 14.5 Å². The summed E-state index contributed by atoms with van der Waals surface area (Å²) in [7, 11) is 0. The van der Waals surface area contributed by atoms with Crippen LogP contribution in [0.5, 0.6) is 5.88 Å². The second-order valence-electron chi connectivity index (χ2n) is 6.07. The third-order valence-corrected chi connectivity index (χ3v) is 4.71. The molecule has 0 bridgehead atoms. The van der Waals surface area contributed by atoms with Crippen molar-refractivity contribution in [2.24, 2.45) is 0 Å². The molecule has 0 atom stereocenters. The first-order chi connectivity index (χ1) is 14.3. The van der Waals surface area contributed by atoms with Crippen LogP contribution in [0.3, 0.4) is 0 Å². The lowest BCUT2D eigenvalue weighted by molar-refractivity contribution is 0.0526. The van der Waals surface area contributed by atoms with E-state index in [1.54, 1.807) is 13.8 Å². The molecule has 0 unspecified atom stereocenters. The lowest BCUT2D eigenvalue weighted by Gasteiger charge is -2.13. The maximum absolute atomic E-state index is 13.8. The summed E-state index contributed by atoms with van der Waals surface area (Å²) in [6.07, 6.45) is 1.30. The second-order valence-corrected chi connectivity index (χ2v) is 6.86. The van der Waals surface area contributed by atoms with Crippen molar-refractivity contribution in [2.45, 2.75) is 20.5 Å². The number of benzene rings is 1. The Hall–Kier alpha value is -3.14. The van der Waals surface area contributed by atoms with Gasteiger partial charge in [-0.1, -0.05) is 0 Å². The molecular formula is C20H16BrF2N3O4. The Bertz CT molecular complexity index is 1150. The number of aryl methyl sites for hydroxylation is 1. The number of aromatic nitrogens is 3. The fraction of sp³-hybridized carbons (Fsp3) is 0.200. The fourth-order valence-corrected chi connectivity index (χ4v) is 2.97. The van der Waals surface area contributed by atoms with Gasteiger partial charge in [0.2, 0.25) is 5.88 Å². The highest BCUT2D eigenvalue weighted by Crippen LogP contribution is 2.22. The molecule has 0 saturated carbocycles. The summed E-state index contributed by atoms with van der Waals surface area (Å²) in [6.45, 7) is 3.26. The van der Waals surface area contributed by atoms with E-state index in [4.69, 9.17) is 9.47 Å². The number of hydrogen-bond acceptors (Lipinski definition) is 6. The number of esters is 1. The zero-order valence-corrected chi connectivity index (χ0v) is 17.6. The highest BCUT2D eigenvalue weighted by molar-refractivity contribution is 9.10. The van der Waals surface area contributed by atoms with Crippen molar-refractivity contribution in [3.63, 3.8) is 0 Å². The maximum Gasteiger partial charge on any atom is 0.339 e. The van der Waals surface area contributed by atoms with Crippen LogP contribution in [0.25, 0.3) is 5.82 Å². The Kier molecular flexibility index (Phi) is 6.56. The monoisotopic (exact) mass is 479 g/mol. The van der Waals surface area contributed by atoms with Crippen LogP contribution in [0.1, 0.15) is 28.7 Å². The van der Waals surface area contributed by atoms with Crippen molar-refractivity contribution >= 4 is 21.9 Å².